The van der Waals surface area contributed by atoms with Gasteiger partial charge in [-0.2, -0.15) is 0 Å². The zero-order valence-electron chi connectivity index (χ0n) is 33.0. The van der Waals surface area contributed by atoms with Crippen molar-refractivity contribution in [1.29, 1.82) is 0 Å². The Kier molecular flexibility index (Phi) is 14.6. The molecule has 9 atom stereocenters. The molecule has 61 heavy (non-hydrogen) atoms. The topological polar surface area (TPSA) is 318 Å². The van der Waals surface area contributed by atoms with E-state index in [0.717, 1.165) is 41.6 Å². The molecule has 0 aliphatic carbocycles. The summed E-state index contributed by atoms with van der Waals surface area (Å²) in [5, 5.41) is 0. The molecular weight excluding hydrogens is 868 g/mol. The first-order valence-corrected chi connectivity index (χ1v) is 21.3. The molecule has 4 aromatic rings. The number of imidazole rings is 2. The van der Waals surface area contributed by atoms with Gasteiger partial charge in [-0.25, -0.2) is 57.4 Å². The zero-order chi connectivity index (χ0) is 44.1. The second-order valence-electron chi connectivity index (χ2n) is 13.4. The summed E-state index contributed by atoms with van der Waals surface area (Å²) in [7, 11) is -8.90. The molecule has 0 radical (unpaired) electrons. The lowest BCUT2D eigenvalue weighted by molar-refractivity contribution is -0.1000. The molecule has 336 valence electrons. The molecule has 0 amide bonds. The van der Waals surface area contributed by atoms with Crippen LogP contribution in [0.15, 0.2) is 25.3 Å². The number of fused-ring (bicyclic) bond motifs is 3. The van der Waals surface area contributed by atoms with Crippen LogP contribution in [0.3, 0.4) is 0 Å². The van der Waals surface area contributed by atoms with Crippen LogP contribution in [0.4, 0.5) is 30.0 Å². The van der Waals surface area contributed by atoms with Crippen molar-refractivity contribution < 1.29 is 83.3 Å². The number of carbonyl (C=O) groups is 2. The number of methoxy groups -OCH3 is 1. The second-order valence-corrected chi connectivity index (χ2v) is 17.0. The number of anilines is 2. The summed E-state index contributed by atoms with van der Waals surface area (Å²) in [4.78, 5) is 48.5. The van der Waals surface area contributed by atoms with Crippen LogP contribution < -0.4 is 11.5 Å². The molecule has 2 aliphatic heterocycles. The number of nitrogens with two attached hydrogens (primary N) is 2. The number of hydrogen-bond acceptors (Lipinski definition) is 24. The lowest BCUT2D eigenvalue weighted by atomic mass is 10.1. The van der Waals surface area contributed by atoms with E-state index in [2.05, 4.69) is 29.9 Å². The van der Waals surface area contributed by atoms with Gasteiger partial charge < -0.3 is 49.1 Å². The van der Waals surface area contributed by atoms with Crippen LogP contribution in [0, 0.1) is 0 Å². The molecule has 0 aromatic carbocycles. The van der Waals surface area contributed by atoms with Crippen molar-refractivity contribution in [3.8, 4) is 0 Å². The number of alkyl halides is 2. The lowest BCUT2D eigenvalue weighted by Gasteiger charge is -2.32. The number of halogens is 2. The number of carbonyl (C=O) groups excluding carboxylic acids is 2. The maximum atomic E-state index is 17.0. The first-order valence-electron chi connectivity index (χ1n) is 18.1. The van der Waals surface area contributed by atoms with E-state index < -0.39 is 116 Å². The molecule has 26 nitrogen and oxygen atoms in total. The average molecular weight is 911 g/mol. The number of phosphoric ester groups is 1. The van der Waals surface area contributed by atoms with Crippen LogP contribution >= 0.6 is 15.4 Å². The summed E-state index contributed by atoms with van der Waals surface area (Å²) in [5.41, 5.74) is 11.9. The highest BCUT2D eigenvalue weighted by atomic mass is 31.2. The molecule has 4 aromatic heterocycles. The molecule has 2 unspecified atom stereocenters. The van der Waals surface area contributed by atoms with Crippen LogP contribution in [0.1, 0.15) is 40.2 Å². The summed E-state index contributed by atoms with van der Waals surface area (Å²) in [5.74, 6) is -0.161. The van der Waals surface area contributed by atoms with Crippen LogP contribution in [-0.2, 0) is 64.9 Å². The van der Waals surface area contributed by atoms with Gasteiger partial charge in [0.1, 0.15) is 48.3 Å². The van der Waals surface area contributed by atoms with E-state index >= 15 is 8.78 Å². The Morgan fingerprint density at radius 2 is 1.36 bits per heavy atom. The molecule has 2 fully saturated rings. The molecule has 4 N–H and O–H groups in total. The van der Waals surface area contributed by atoms with Crippen LogP contribution in [-0.4, -0.2) is 134 Å². The van der Waals surface area contributed by atoms with Crippen LogP contribution in [0.5, 0.6) is 0 Å². The van der Waals surface area contributed by atoms with E-state index in [0.29, 0.717) is 0 Å². The van der Waals surface area contributed by atoms with E-state index in [4.69, 9.17) is 67.2 Å². The summed E-state index contributed by atoms with van der Waals surface area (Å²) >= 11 is 0. The van der Waals surface area contributed by atoms with Crippen molar-refractivity contribution in [2.24, 2.45) is 0 Å². The number of ether oxygens (including phenoxy) is 7. The summed E-state index contributed by atoms with van der Waals surface area (Å²) in [6, 6.07) is 0. The predicted molar refractivity (Wildman–Crippen MR) is 198 cm³/mol. The van der Waals surface area contributed by atoms with E-state index in [9.17, 15) is 18.7 Å². The second kappa shape index (κ2) is 19.5. The van der Waals surface area contributed by atoms with Crippen LogP contribution in [0.2, 0.25) is 0 Å². The summed E-state index contributed by atoms with van der Waals surface area (Å²) in [6.07, 6.45) is -14.0. The molecule has 0 bridgehead atoms. The van der Waals surface area contributed by atoms with Crippen molar-refractivity contribution in [3.63, 3.8) is 0 Å². The Bertz CT molecular complexity index is 2260. The summed E-state index contributed by atoms with van der Waals surface area (Å²) < 4.78 is 129. The van der Waals surface area contributed by atoms with Gasteiger partial charge in [0.15, 0.2) is 47.7 Å². The average Bonchev–Trinajstić information content (AvgIpc) is 3.91. The Morgan fingerprint density at radius 3 is 1.92 bits per heavy atom. The van der Waals surface area contributed by atoms with Gasteiger partial charge in [-0.1, -0.05) is 0 Å². The van der Waals surface area contributed by atoms with Gasteiger partial charge >= 0.3 is 27.7 Å². The third kappa shape index (κ3) is 10.8. The first kappa shape index (κ1) is 45.8. The Labute approximate surface area is 343 Å². The number of phosphoric acid groups is 1. The van der Waals surface area contributed by atoms with E-state index in [-0.39, 0.29) is 34.0 Å². The third-order valence-corrected chi connectivity index (χ3v) is 11.4. The number of hydrogen-bond donors (Lipinski definition) is 2. The number of aromatic nitrogens is 8. The minimum atomic E-state index is -5.24. The van der Waals surface area contributed by atoms with E-state index in [1.165, 1.54) is 13.8 Å². The molecule has 0 saturated carbocycles. The smallest absolute Gasteiger partial charge is 0.432 e. The van der Waals surface area contributed by atoms with Crippen molar-refractivity contribution >= 4 is 61.7 Å². The maximum Gasteiger partial charge on any atom is 0.510 e. The van der Waals surface area contributed by atoms with Gasteiger partial charge in [-0.15, -0.1) is 0 Å². The maximum absolute atomic E-state index is 17.0. The third-order valence-electron chi connectivity index (χ3n) is 8.49. The van der Waals surface area contributed by atoms with Gasteiger partial charge in [0.25, 0.3) is 0 Å². The SMILES string of the molecule is CO[C@@H]1COP(=O)(OCOC(=O)OC(C)C)CO[C@H]2[C@@H](F)[C@H](n3cnc4c(N)ncnc43)O[C@@H]2COP(=O)(OCOC(=O)OC(C)C)O[C@@H](n2cnc3c(N)ncnc32)[C@@H]1F. The zero-order valence-corrected chi connectivity index (χ0v) is 34.7. The van der Waals surface area contributed by atoms with Crippen molar-refractivity contribution in [3.05, 3.63) is 25.3 Å². The molecule has 2 aliphatic rings. The lowest BCUT2D eigenvalue weighted by Crippen LogP contribution is -2.39. The monoisotopic (exact) mass is 910 g/mol. The highest BCUT2D eigenvalue weighted by molar-refractivity contribution is 7.53. The minimum absolute atomic E-state index is 0.0327. The van der Waals surface area contributed by atoms with Gasteiger partial charge in [0, 0.05) is 7.11 Å². The first-order chi connectivity index (χ1) is 29.0. The van der Waals surface area contributed by atoms with E-state index in [1.807, 2.05) is 0 Å². The van der Waals surface area contributed by atoms with Gasteiger partial charge in [-0.3, -0.25) is 27.3 Å². The Hall–Kier alpha value is -4.76. The Balaban J connectivity index is 1.39. The molecular formula is C31H42F2N10O16P2. The van der Waals surface area contributed by atoms with Crippen molar-refractivity contribution in [2.45, 2.75) is 83.0 Å². The molecule has 6 rings (SSSR count). The number of nitrogen functional groups attached to an aromatic ring is 2. The van der Waals surface area contributed by atoms with E-state index in [1.54, 1.807) is 13.8 Å². The Morgan fingerprint density at radius 1 is 0.803 bits per heavy atom. The van der Waals surface area contributed by atoms with Crippen LogP contribution in [0.25, 0.3) is 22.3 Å². The number of rotatable bonds is 11. The molecule has 30 heteroatoms. The van der Waals surface area contributed by atoms with Gasteiger partial charge in [-0.05, 0) is 27.7 Å². The standard InChI is InChI=1S/C31H42F2N10O16P2/c1-15(2)56-30(44)49-12-54-60(46)14-51-23-18(58-28(20(23)33)42-10-40-21-24(34)36-8-38-26(21)42)7-53-61(47,55-13-50-31(45)57-16(3)4)59-29(19(32)17(48-5)6-52-60)43-11-41-22-25(35)37-9-39-27(22)43/h8-11,15-20,23,28-29H,6-7,12-14H2,1-5H3,(H2,34,36,38)(H2,35,37,39)/t17-,18-,19-,20-,23-,28-,29-,60?,61?/m1/s1. The van der Waals surface area contributed by atoms with Crippen molar-refractivity contribution in [1.82, 2.24) is 39.0 Å². The summed E-state index contributed by atoms with van der Waals surface area (Å²) in [6.45, 7) is 2.11. The minimum Gasteiger partial charge on any atom is -0.432 e. The fourth-order valence-electron chi connectivity index (χ4n) is 5.72. The molecule has 0 spiro atoms. The highest BCUT2D eigenvalue weighted by Crippen LogP contribution is 2.56. The molecule has 2 saturated heterocycles. The largest absolute Gasteiger partial charge is 0.510 e. The van der Waals surface area contributed by atoms with Gasteiger partial charge in [0.2, 0.25) is 13.6 Å². The van der Waals surface area contributed by atoms with Gasteiger partial charge in [0.05, 0.1) is 38.1 Å². The van der Waals surface area contributed by atoms with Crippen molar-refractivity contribution in [2.75, 3.05) is 51.7 Å². The fraction of sp³-hybridized carbons (Fsp3) is 0.613. The normalized spacial score (nSPS) is 29.0. The highest BCUT2D eigenvalue weighted by Gasteiger charge is 2.51. The fourth-order valence-corrected chi connectivity index (χ4v) is 8.07. The molecule has 6 heterocycles. The number of nitrogens with zero attached hydrogens (tertiary/aromatic N) is 8. The predicted octanol–water partition coefficient (Wildman–Crippen LogP) is 3.70. The quantitative estimate of drug-likeness (QED) is 0.123.